The zero-order valence-corrected chi connectivity index (χ0v) is 15.6. The standard InChI is InChI=1S/C6H8O6.3Cu.2H3O4P/c7-1-2(8)5-3(9)4(10)6(11)12-5;;;;2*1-5(2,3)4/h2,5,7-10H,1H2;;;;2*(H3,1,2,3,4)/q;3*+2;;/p-6/t2-,5+;;;;;/m0...../s1. The smallest absolute Gasteiger partial charge is 0.822 e. The van der Waals surface area contributed by atoms with Crippen LogP contribution in [0.3, 0.4) is 0 Å². The predicted octanol–water partition coefficient (Wildman–Crippen LogP) is -7.06. The van der Waals surface area contributed by atoms with Crippen LogP contribution >= 0.6 is 15.6 Å². The van der Waals surface area contributed by atoms with E-state index in [-0.39, 0.29) is 51.2 Å². The second kappa shape index (κ2) is 15.6. The number of aliphatic hydroxyl groups excluding tert-OH is 4. The van der Waals surface area contributed by atoms with E-state index in [2.05, 4.69) is 4.74 Å². The molecule has 159 valence electrons. The average molecular weight is 557 g/mol. The average Bonchev–Trinajstić information content (AvgIpc) is 2.51. The monoisotopic (exact) mass is 555 g/mol. The Balaban J connectivity index is -0.0000000882. The van der Waals surface area contributed by atoms with E-state index in [1.54, 1.807) is 0 Å². The fourth-order valence-corrected chi connectivity index (χ4v) is 0.823. The normalized spacial score (nSPS) is 17.1. The van der Waals surface area contributed by atoms with Gasteiger partial charge in [-0.2, -0.15) is 15.6 Å². The molecule has 0 fully saturated rings. The molecule has 0 spiro atoms. The minimum absolute atomic E-state index is 0. The first-order chi connectivity index (χ1) is 9.57. The Bertz CT molecular complexity index is 462. The van der Waals surface area contributed by atoms with E-state index in [0.717, 1.165) is 0 Å². The molecule has 0 aromatic heterocycles. The van der Waals surface area contributed by atoms with Crippen LogP contribution in [0.25, 0.3) is 0 Å². The molecular formula is C6H8Cu3O14P2. The fourth-order valence-electron chi connectivity index (χ4n) is 0.823. The van der Waals surface area contributed by atoms with Crippen molar-refractivity contribution in [1.82, 2.24) is 0 Å². The number of ether oxygens (including phenoxy) is 1. The molecule has 3 radical (unpaired) electrons. The first-order valence-corrected chi connectivity index (χ1v) is 7.58. The maximum atomic E-state index is 10.5. The third kappa shape index (κ3) is 24.5. The summed E-state index contributed by atoms with van der Waals surface area (Å²) in [7, 11) is -10.8. The van der Waals surface area contributed by atoms with E-state index in [1.807, 2.05) is 0 Å². The topological polar surface area (TPSA) is 280 Å². The molecule has 1 aliphatic rings. The molecule has 0 unspecified atom stereocenters. The van der Waals surface area contributed by atoms with E-state index in [4.69, 9.17) is 58.9 Å². The summed E-state index contributed by atoms with van der Waals surface area (Å²) in [4.78, 5) is 61.8. The largest absolute Gasteiger partial charge is 2.00 e. The number of phosphoric acid groups is 2. The zero-order valence-electron chi connectivity index (χ0n) is 11.0. The van der Waals surface area contributed by atoms with Crippen LogP contribution in [0.15, 0.2) is 11.5 Å². The number of carbonyl (C=O) groups is 1. The van der Waals surface area contributed by atoms with Gasteiger partial charge in [0.1, 0.15) is 6.10 Å². The Labute approximate surface area is 171 Å². The second-order valence-corrected chi connectivity index (χ2v) is 4.99. The summed E-state index contributed by atoms with van der Waals surface area (Å²) in [5.41, 5.74) is 0. The molecule has 14 nitrogen and oxygen atoms in total. The van der Waals surface area contributed by atoms with Gasteiger partial charge in [0.25, 0.3) is 0 Å². The first-order valence-electron chi connectivity index (χ1n) is 4.66. The number of esters is 1. The molecule has 0 saturated heterocycles. The summed E-state index contributed by atoms with van der Waals surface area (Å²) in [5.74, 6) is -2.78. The van der Waals surface area contributed by atoms with Crippen LogP contribution in [0.4, 0.5) is 0 Å². The molecule has 0 bridgehead atoms. The predicted molar refractivity (Wildman–Crippen MR) is 50.5 cm³/mol. The Hall–Kier alpha value is 0.508. The van der Waals surface area contributed by atoms with Gasteiger partial charge in [-0.05, 0) is 0 Å². The van der Waals surface area contributed by atoms with Crippen LogP contribution in [0.1, 0.15) is 0 Å². The number of hydrogen-bond donors (Lipinski definition) is 4. The van der Waals surface area contributed by atoms with Gasteiger partial charge in [-0.1, -0.05) is 0 Å². The third-order valence-corrected chi connectivity index (χ3v) is 1.48. The number of carbonyl (C=O) groups excluding carboxylic acids is 1. The fraction of sp³-hybridized carbons (Fsp3) is 0.500. The molecule has 19 heteroatoms. The Kier molecular flexibility index (Phi) is 22.7. The summed E-state index contributed by atoms with van der Waals surface area (Å²) in [5, 5.41) is 35.0. The van der Waals surface area contributed by atoms with E-state index >= 15 is 0 Å². The molecule has 0 saturated carbocycles. The van der Waals surface area contributed by atoms with Gasteiger partial charge in [0.05, 0.1) is 6.61 Å². The van der Waals surface area contributed by atoms with Crippen molar-refractivity contribution in [2.24, 2.45) is 0 Å². The molecule has 0 amide bonds. The van der Waals surface area contributed by atoms with Crippen LogP contribution in [-0.4, -0.2) is 45.2 Å². The Morgan fingerprint density at radius 1 is 0.960 bits per heavy atom. The number of hydrogen-bond acceptors (Lipinski definition) is 14. The Morgan fingerprint density at radius 3 is 1.40 bits per heavy atom. The summed E-state index contributed by atoms with van der Waals surface area (Å²) >= 11 is 0. The number of rotatable bonds is 2. The summed E-state index contributed by atoms with van der Waals surface area (Å²) in [6, 6.07) is 0. The van der Waals surface area contributed by atoms with Gasteiger partial charge >= 0.3 is 57.2 Å². The van der Waals surface area contributed by atoms with Crippen molar-refractivity contribution >= 4 is 21.6 Å². The molecule has 1 rings (SSSR count). The van der Waals surface area contributed by atoms with Crippen molar-refractivity contribution < 1.29 is 120 Å². The molecule has 4 N–H and O–H groups in total. The molecule has 2 atom stereocenters. The molecular weight excluding hydrogens is 549 g/mol. The summed E-state index contributed by atoms with van der Waals surface area (Å²) in [6.07, 6.45) is -2.78. The van der Waals surface area contributed by atoms with Gasteiger partial charge < -0.3 is 63.7 Å². The van der Waals surface area contributed by atoms with Crippen LogP contribution in [-0.2, 0) is 69.9 Å². The van der Waals surface area contributed by atoms with Crippen LogP contribution in [0, 0.1) is 0 Å². The van der Waals surface area contributed by atoms with Gasteiger partial charge in [0.2, 0.25) is 5.76 Å². The van der Waals surface area contributed by atoms with Crippen molar-refractivity contribution in [2.45, 2.75) is 12.2 Å². The molecule has 1 aliphatic heterocycles. The molecule has 0 aromatic rings. The van der Waals surface area contributed by atoms with Gasteiger partial charge in [0, 0.05) is 0 Å². The third-order valence-electron chi connectivity index (χ3n) is 1.48. The number of cyclic esters (lactones) is 1. The SMILES string of the molecule is O=C1O[C@H]([C@@H](O)CO)C(O)=C1O.O=P([O-])([O-])[O-].O=P([O-])([O-])[O-].[Cu+2].[Cu+2].[Cu+2]. The maximum Gasteiger partial charge on any atom is 2.00 e. The van der Waals surface area contributed by atoms with Crippen LogP contribution in [0.2, 0.25) is 0 Å². The molecule has 0 aliphatic carbocycles. The summed E-state index contributed by atoms with van der Waals surface area (Å²) < 4.78 is 21.4. The molecule has 0 aromatic carbocycles. The van der Waals surface area contributed by atoms with E-state index < -0.39 is 51.9 Å². The van der Waals surface area contributed by atoms with Crippen molar-refractivity contribution in [2.75, 3.05) is 6.61 Å². The van der Waals surface area contributed by atoms with Gasteiger partial charge in [-0.3, -0.25) is 0 Å². The zero-order chi connectivity index (χ0) is 18.3. The molecule has 25 heavy (non-hydrogen) atoms. The second-order valence-electron chi connectivity index (χ2n) is 3.20. The molecule has 1 heterocycles. The van der Waals surface area contributed by atoms with Gasteiger partial charge in [-0.25, -0.2) is 4.79 Å². The van der Waals surface area contributed by atoms with E-state index in [1.165, 1.54) is 0 Å². The summed E-state index contributed by atoms with van der Waals surface area (Å²) in [6.45, 7) is -0.671. The van der Waals surface area contributed by atoms with Crippen molar-refractivity contribution in [3.05, 3.63) is 11.5 Å². The van der Waals surface area contributed by atoms with Crippen molar-refractivity contribution in [3.63, 3.8) is 0 Å². The van der Waals surface area contributed by atoms with Gasteiger partial charge in [-0.15, -0.1) is 0 Å². The quantitative estimate of drug-likeness (QED) is 0.140. The minimum Gasteiger partial charge on any atom is -0.822 e. The Morgan fingerprint density at radius 2 is 1.24 bits per heavy atom. The van der Waals surface area contributed by atoms with Crippen LogP contribution in [0.5, 0.6) is 0 Å². The van der Waals surface area contributed by atoms with Crippen molar-refractivity contribution in [1.29, 1.82) is 0 Å². The van der Waals surface area contributed by atoms with Crippen LogP contribution < -0.4 is 29.4 Å². The first kappa shape index (κ1) is 36.4. The van der Waals surface area contributed by atoms with E-state index in [9.17, 15) is 4.79 Å². The van der Waals surface area contributed by atoms with Crippen molar-refractivity contribution in [3.8, 4) is 0 Å². The van der Waals surface area contributed by atoms with E-state index in [0.29, 0.717) is 0 Å². The minimum atomic E-state index is -5.39. The van der Waals surface area contributed by atoms with Gasteiger partial charge in [0.15, 0.2) is 11.9 Å². The maximum absolute atomic E-state index is 10.5. The number of aliphatic hydroxyl groups is 4.